The Morgan fingerprint density at radius 3 is 2.72 bits per heavy atom. The average molecular weight is 249 g/mol. The van der Waals surface area contributed by atoms with Crippen LogP contribution >= 0.6 is 0 Å². The number of nitrogens with one attached hydrogen (secondary N) is 1. The second-order valence-electron chi connectivity index (χ2n) is 4.98. The molecule has 1 fully saturated rings. The van der Waals surface area contributed by atoms with Gasteiger partial charge in [-0.25, -0.2) is 0 Å². The maximum atomic E-state index is 9.80. The lowest BCUT2D eigenvalue weighted by Gasteiger charge is -2.33. The lowest BCUT2D eigenvalue weighted by molar-refractivity contribution is 0.0857. The SMILES string of the molecule is CCC(CO)(NCC1CCCO1)c1ccccc1. The maximum absolute atomic E-state index is 9.80. The van der Waals surface area contributed by atoms with Crippen molar-refractivity contribution in [3.8, 4) is 0 Å². The number of benzene rings is 1. The summed E-state index contributed by atoms with van der Waals surface area (Å²) in [6, 6.07) is 10.2. The van der Waals surface area contributed by atoms with Crippen LogP contribution in [-0.4, -0.2) is 31.0 Å². The minimum absolute atomic E-state index is 0.111. The lowest BCUT2D eigenvalue weighted by Crippen LogP contribution is -2.48. The van der Waals surface area contributed by atoms with Crippen molar-refractivity contribution in [3.63, 3.8) is 0 Å². The predicted octanol–water partition coefficient (Wildman–Crippen LogP) is 2.05. The van der Waals surface area contributed by atoms with Gasteiger partial charge >= 0.3 is 0 Å². The molecule has 18 heavy (non-hydrogen) atoms. The molecule has 1 aliphatic rings. The van der Waals surface area contributed by atoms with Gasteiger partial charge in [0, 0.05) is 13.2 Å². The molecule has 1 aliphatic heterocycles. The largest absolute Gasteiger partial charge is 0.394 e. The number of hydrogen-bond donors (Lipinski definition) is 2. The normalized spacial score (nSPS) is 22.9. The summed E-state index contributed by atoms with van der Waals surface area (Å²) < 4.78 is 5.63. The molecular weight excluding hydrogens is 226 g/mol. The van der Waals surface area contributed by atoms with Crippen LogP contribution in [0, 0.1) is 0 Å². The fraction of sp³-hybridized carbons (Fsp3) is 0.600. The Balaban J connectivity index is 2.06. The summed E-state index contributed by atoms with van der Waals surface area (Å²) >= 11 is 0. The summed E-state index contributed by atoms with van der Waals surface area (Å²) in [7, 11) is 0. The highest BCUT2D eigenvalue weighted by atomic mass is 16.5. The Morgan fingerprint density at radius 2 is 2.17 bits per heavy atom. The first-order valence-electron chi connectivity index (χ1n) is 6.84. The molecule has 0 saturated carbocycles. The summed E-state index contributed by atoms with van der Waals surface area (Å²) in [5, 5.41) is 13.3. The molecular formula is C15H23NO2. The molecule has 2 unspecified atom stereocenters. The van der Waals surface area contributed by atoms with E-state index in [0.29, 0.717) is 6.10 Å². The molecule has 2 N–H and O–H groups in total. The van der Waals surface area contributed by atoms with Crippen LogP contribution in [0.5, 0.6) is 0 Å². The van der Waals surface area contributed by atoms with E-state index in [1.54, 1.807) is 0 Å². The predicted molar refractivity (Wildman–Crippen MR) is 72.5 cm³/mol. The van der Waals surface area contributed by atoms with E-state index in [2.05, 4.69) is 24.4 Å². The Kier molecular flexibility index (Phi) is 4.75. The van der Waals surface area contributed by atoms with Crippen LogP contribution in [0.4, 0.5) is 0 Å². The Hall–Kier alpha value is -0.900. The third-order valence-corrected chi connectivity index (χ3v) is 3.89. The van der Waals surface area contributed by atoms with Gasteiger partial charge in [-0.3, -0.25) is 0 Å². The zero-order valence-electron chi connectivity index (χ0n) is 11.1. The van der Waals surface area contributed by atoms with Gasteiger partial charge in [0.25, 0.3) is 0 Å². The van der Waals surface area contributed by atoms with Crippen molar-refractivity contribution < 1.29 is 9.84 Å². The molecule has 0 amide bonds. The number of aliphatic hydroxyl groups excluding tert-OH is 1. The number of ether oxygens (including phenoxy) is 1. The second-order valence-corrected chi connectivity index (χ2v) is 4.98. The van der Waals surface area contributed by atoms with E-state index in [9.17, 15) is 5.11 Å². The molecule has 1 heterocycles. The van der Waals surface area contributed by atoms with Crippen molar-refractivity contribution in [1.82, 2.24) is 5.32 Å². The van der Waals surface area contributed by atoms with Gasteiger partial charge in [-0.2, -0.15) is 0 Å². The van der Waals surface area contributed by atoms with E-state index in [0.717, 1.165) is 38.0 Å². The van der Waals surface area contributed by atoms with E-state index in [1.165, 1.54) is 0 Å². The van der Waals surface area contributed by atoms with Gasteiger partial charge in [-0.15, -0.1) is 0 Å². The summed E-state index contributed by atoms with van der Waals surface area (Å²) in [6.45, 7) is 3.89. The fourth-order valence-electron chi connectivity index (χ4n) is 2.56. The smallest absolute Gasteiger partial charge is 0.0700 e. The summed E-state index contributed by atoms with van der Waals surface area (Å²) in [5.41, 5.74) is 0.806. The monoisotopic (exact) mass is 249 g/mol. The van der Waals surface area contributed by atoms with Crippen LogP contribution in [0.2, 0.25) is 0 Å². The zero-order valence-corrected chi connectivity index (χ0v) is 11.1. The minimum Gasteiger partial charge on any atom is -0.394 e. The van der Waals surface area contributed by atoms with Gasteiger partial charge in [0.05, 0.1) is 18.2 Å². The van der Waals surface area contributed by atoms with Crippen LogP contribution < -0.4 is 5.32 Å². The molecule has 0 bridgehead atoms. The van der Waals surface area contributed by atoms with Crippen molar-refractivity contribution in [2.45, 2.75) is 37.8 Å². The summed E-state index contributed by atoms with van der Waals surface area (Å²) in [6.07, 6.45) is 3.43. The standard InChI is InChI=1S/C15H23NO2/c1-2-15(12-17,13-7-4-3-5-8-13)16-11-14-9-6-10-18-14/h3-5,7-8,14,16-17H,2,6,9-12H2,1H3. The first-order valence-corrected chi connectivity index (χ1v) is 6.84. The zero-order chi connectivity index (χ0) is 12.8. The molecule has 2 rings (SSSR count). The maximum Gasteiger partial charge on any atom is 0.0700 e. The molecule has 0 radical (unpaired) electrons. The lowest BCUT2D eigenvalue weighted by atomic mass is 9.87. The molecule has 1 saturated heterocycles. The average Bonchev–Trinajstić information content (AvgIpc) is 2.95. The van der Waals surface area contributed by atoms with Gasteiger partial charge in [-0.1, -0.05) is 37.3 Å². The molecule has 3 nitrogen and oxygen atoms in total. The van der Waals surface area contributed by atoms with Crippen molar-refractivity contribution in [2.75, 3.05) is 19.8 Å². The van der Waals surface area contributed by atoms with Crippen molar-refractivity contribution in [1.29, 1.82) is 0 Å². The molecule has 0 aromatic heterocycles. The van der Waals surface area contributed by atoms with E-state index >= 15 is 0 Å². The first-order chi connectivity index (χ1) is 8.80. The van der Waals surface area contributed by atoms with Gasteiger partial charge in [0.15, 0.2) is 0 Å². The molecule has 2 atom stereocenters. The van der Waals surface area contributed by atoms with E-state index in [1.807, 2.05) is 18.2 Å². The van der Waals surface area contributed by atoms with Gasteiger partial charge in [-0.05, 0) is 24.8 Å². The molecule has 0 spiro atoms. The number of rotatable bonds is 6. The highest BCUT2D eigenvalue weighted by Gasteiger charge is 2.30. The van der Waals surface area contributed by atoms with E-state index in [4.69, 9.17) is 4.74 Å². The van der Waals surface area contributed by atoms with Gasteiger partial charge in [0.2, 0.25) is 0 Å². The molecule has 1 aromatic carbocycles. The quantitative estimate of drug-likeness (QED) is 0.811. The van der Waals surface area contributed by atoms with Crippen molar-refractivity contribution in [3.05, 3.63) is 35.9 Å². The van der Waals surface area contributed by atoms with Crippen LogP contribution in [0.3, 0.4) is 0 Å². The molecule has 100 valence electrons. The molecule has 3 heteroatoms. The topological polar surface area (TPSA) is 41.5 Å². The van der Waals surface area contributed by atoms with Gasteiger partial charge < -0.3 is 15.2 Å². The summed E-state index contributed by atoms with van der Waals surface area (Å²) in [4.78, 5) is 0. The second kappa shape index (κ2) is 6.32. The van der Waals surface area contributed by atoms with Crippen LogP contribution in [0.1, 0.15) is 31.7 Å². The van der Waals surface area contributed by atoms with E-state index in [-0.39, 0.29) is 12.1 Å². The Morgan fingerprint density at radius 1 is 1.39 bits per heavy atom. The number of hydrogen-bond acceptors (Lipinski definition) is 3. The third kappa shape index (κ3) is 2.91. The van der Waals surface area contributed by atoms with Gasteiger partial charge in [0.1, 0.15) is 0 Å². The molecule has 1 aromatic rings. The fourth-order valence-corrected chi connectivity index (χ4v) is 2.56. The third-order valence-electron chi connectivity index (χ3n) is 3.89. The molecule has 0 aliphatic carbocycles. The van der Waals surface area contributed by atoms with Crippen LogP contribution in [0.25, 0.3) is 0 Å². The highest BCUT2D eigenvalue weighted by Crippen LogP contribution is 2.25. The highest BCUT2D eigenvalue weighted by molar-refractivity contribution is 5.24. The minimum atomic E-state index is -0.340. The summed E-state index contributed by atoms with van der Waals surface area (Å²) in [5.74, 6) is 0. The Bertz CT molecular complexity index is 343. The Labute approximate surface area is 109 Å². The van der Waals surface area contributed by atoms with Crippen LogP contribution in [0.15, 0.2) is 30.3 Å². The first kappa shape index (κ1) is 13.5. The van der Waals surface area contributed by atoms with Crippen molar-refractivity contribution in [2.24, 2.45) is 0 Å². The number of aliphatic hydroxyl groups is 1. The van der Waals surface area contributed by atoms with E-state index < -0.39 is 0 Å². The van der Waals surface area contributed by atoms with Crippen LogP contribution in [-0.2, 0) is 10.3 Å². The van der Waals surface area contributed by atoms with Crippen molar-refractivity contribution >= 4 is 0 Å².